The van der Waals surface area contributed by atoms with Crippen molar-refractivity contribution in [1.29, 1.82) is 0 Å². The van der Waals surface area contributed by atoms with Gasteiger partial charge in [-0.3, -0.25) is 4.84 Å². The molecule has 162 valence electrons. The van der Waals surface area contributed by atoms with Crippen LogP contribution in [0.5, 0.6) is 5.75 Å². The molecule has 0 aliphatic rings. The number of imidazole rings is 1. The molecule has 3 rings (SSSR count). The predicted octanol–water partition coefficient (Wildman–Crippen LogP) is 3.83. The monoisotopic (exact) mass is 425 g/mol. The SMILES string of the molecule is COc1ccc(/C(=C/CCC(ON)C(=O)O)C(c2ccc(F)cc2)n2ccnc2)cc1. The van der Waals surface area contributed by atoms with E-state index >= 15 is 0 Å². The van der Waals surface area contributed by atoms with Crippen LogP contribution in [0.1, 0.15) is 30.0 Å². The van der Waals surface area contributed by atoms with Crippen molar-refractivity contribution in [2.45, 2.75) is 25.0 Å². The Labute approximate surface area is 179 Å². The van der Waals surface area contributed by atoms with Gasteiger partial charge in [0.25, 0.3) is 0 Å². The highest BCUT2D eigenvalue weighted by molar-refractivity contribution is 5.73. The van der Waals surface area contributed by atoms with Gasteiger partial charge in [0.1, 0.15) is 11.6 Å². The number of allylic oxidation sites excluding steroid dienone is 2. The van der Waals surface area contributed by atoms with Crippen LogP contribution in [0.25, 0.3) is 5.57 Å². The molecule has 0 amide bonds. The Morgan fingerprint density at radius 3 is 2.48 bits per heavy atom. The number of hydrogen-bond acceptors (Lipinski definition) is 5. The van der Waals surface area contributed by atoms with Gasteiger partial charge >= 0.3 is 5.97 Å². The summed E-state index contributed by atoms with van der Waals surface area (Å²) in [6, 6.07) is 13.5. The Bertz CT molecular complexity index is 1000. The third kappa shape index (κ3) is 5.56. The first-order valence-electron chi connectivity index (χ1n) is 9.69. The number of rotatable bonds is 10. The topological polar surface area (TPSA) is 99.6 Å². The lowest BCUT2D eigenvalue weighted by molar-refractivity contribution is -0.151. The van der Waals surface area contributed by atoms with E-state index in [4.69, 9.17) is 10.6 Å². The highest BCUT2D eigenvalue weighted by Gasteiger charge is 2.22. The van der Waals surface area contributed by atoms with Gasteiger partial charge < -0.3 is 14.4 Å². The highest BCUT2D eigenvalue weighted by Crippen LogP contribution is 2.35. The predicted molar refractivity (Wildman–Crippen MR) is 114 cm³/mol. The second-order valence-electron chi connectivity index (χ2n) is 6.89. The van der Waals surface area contributed by atoms with Crippen LogP contribution in [-0.2, 0) is 9.63 Å². The number of nitrogens with zero attached hydrogens (tertiary/aromatic N) is 2. The van der Waals surface area contributed by atoms with Crippen LogP contribution in [0, 0.1) is 5.82 Å². The number of nitrogens with two attached hydrogens (primary N) is 1. The zero-order chi connectivity index (χ0) is 22.2. The van der Waals surface area contributed by atoms with Gasteiger partial charge in [-0.05, 0) is 53.8 Å². The van der Waals surface area contributed by atoms with Gasteiger partial charge in [0.05, 0.1) is 19.5 Å². The van der Waals surface area contributed by atoms with E-state index in [1.165, 1.54) is 12.1 Å². The number of aromatic nitrogens is 2. The van der Waals surface area contributed by atoms with Crippen molar-refractivity contribution in [3.8, 4) is 5.75 Å². The van der Waals surface area contributed by atoms with E-state index in [1.807, 2.05) is 41.1 Å². The number of carbonyl (C=O) groups is 1. The van der Waals surface area contributed by atoms with Gasteiger partial charge in [0.2, 0.25) is 0 Å². The number of ether oxygens (including phenoxy) is 1. The highest BCUT2D eigenvalue weighted by atomic mass is 19.1. The molecule has 0 aliphatic heterocycles. The molecule has 0 radical (unpaired) electrons. The van der Waals surface area contributed by atoms with Crippen molar-refractivity contribution in [2.75, 3.05) is 7.11 Å². The minimum Gasteiger partial charge on any atom is -0.497 e. The second kappa shape index (κ2) is 10.5. The summed E-state index contributed by atoms with van der Waals surface area (Å²) >= 11 is 0. The molecule has 2 aromatic carbocycles. The molecule has 0 fully saturated rings. The number of carboxylic acids is 1. The van der Waals surface area contributed by atoms with Crippen molar-refractivity contribution >= 4 is 11.5 Å². The Hall–Kier alpha value is -3.49. The molecule has 31 heavy (non-hydrogen) atoms. The first-order chi connectivity index (χ1) is 15.0. The van der Waals surface area contributed by atoms with Crippen LogP contribution < -0.4 is 10.6 Å². The van der Waals surface area contributed by atoms with E-state index in [0.717, 1.165) is 16.7 Å². The molecule has 1 heterocycles. The number of halogens is 1. The molecule has 2 atom stereocenters. The van der Waals surface area contributed by atoms with E-state index in [2.05, 4.69) is 9.82 Å². The second-order valence-corrected chi connectivity index (χ2v) is 6.89. The van der Waals surface area contributed by atoms with E-state index in [1.54, 1.807) is 31.8 Å². The van der Waals surface area contributed by atoms with Crippen molar-refractivity contribution in [3.05, 3.63) is 90.3 Å². The molecule has 7 nitrogen and oxygen atoms in total. The van der Waals surface area contributed by atoms with Crippen LogP contribution in [0.3, 0.4) is 0 Å². The van der Waals surface area contributed by atoms with Crippen LogP contribution >= 0.6 is 0 Å². The first kappa shape index (κ1) is 22.2. The van der Waals surface area contributed by atoms with E-state index in [9.17, 15) is 14.3 Å². The van der Waals surface area contributed by atoms with E-state index < -0.39 is 12.1 Å². The van der Waals surface area contributed by atoms with Crippen molar-refractivity contribution in [1.82, 2.24) is 9.55 Å². The molecular weight excluding hydrogens is 401 g/mol. The maximum Gasteiger partial charge on any atom is 0.334 e. The molecule has 8 heteroatoms. The molecule has 1 aromatic heterocycles. The number of hydrogen-bond donors (Lipinski definition) is 2. The largest absolute Gasteiger partial charge is 0.497 e. The normalized spacial score (nSPS) is 13.6. The summed E-state index contributed by atoms with van der Waals surface area (Å²) in [5, 5.41) is 9.19. The molecule has 0 saturated carbocycles. The fourth-order valence-electron chi connectivity index (χ4n) is 3.39. The van der Waals surface area contributed by atoms with E-state index in [0.29, 0.717) is 12.2 Å². The van der Waals surface area contributed by atoms with Gasteiger partial charge in [-0.15, -0.1) is 0 Å². The lowest BCUT2D eigenvalue weighted by Gasteiger charge is -2.24. The Balaban J connectivity index is 2.05. The van der Waals surface area contributed by atoms with Gasteiger partial charge in [-0.2, -0.15) is 0 Å². The van der Waals surface area contributed by atoms with E-state index in [-0.39, 0.29) is 18.3 Å². The van der Waals surface area contributed by atoms with Gasteiger partial charge in [0.15, 0.2) is 6.10 Å². The molecular formula is C23H24FN3O4. The third-order valence-electron chi connectivity index (χ3n) is 4.96. The average Bonchev–Trinajstić information content (AvgIpc) is 3.31. The summed E-state index contributed by atoms with van der Waals surface area (Å²) in [5.74, 6) is 4.38. The number of aliphatic carboxylic acids is 1. The average molecular weight is 425 g/mol. The molecule has 0 aliphatic carbocycles. The van der Waals surface area contributed by atoms with Crippen molar-refractivity contribution < 1.29 is 23.9 Å². The van der Waals surface area contributed by atoms with Crippen LogP contribution in [0.2, 0.25) is 0 Å². The van der Waals surface area contributed by atoms with Crippen LogP contribution in [-0.4, -0.2) is 33.8 Å². The summed E-state index contributed by atoms with van der Waals surface area (Å²) in [5.41, 5.74) is 2.66. The maximum atomic E-state index is 13.6. The van der Waals surface area contributed by atoms with Crippen molar-refractivity contribution in [2.24, 2.45) is 5.90 Å². The van der Waals surface area contributed by atoms with Gasteiger partial charge in [-0.25, -0.2) is 20.1 Å². The van der Waals surface area contributed by atoms with Crippen LogP contribution in [0.4, 0.5) is 4.39 Å². The Kier molecular flexibility index (Phi) is 7.53. The lowest BCUT2D eigenvalue weighted by atomic mass is 9.91. The Morgan fingerprint density at radius 1 is 1.23 bits per heavy atom. The lowest BCUT2D eigenvalue weighted by Crippen LogP contribution is -2.26. The number of carboxylic acid groups (broad SMARTS) is 1. The summed E-state index contributed by atoms with van der Waals surface area (Å²) in [6.45, 7) is 0. The summed E-state index contributed by atoms with van der Waals surface area (Å²) in [6.07, 6.45) is 6.64. The van der Waals surface area contributed by atoms with Gasteiger partial charge in [0, 0.05) is 12.4 Å². The molecule has 0 spiro atoms. The fraction of sp³-hybridized carbons (Fsp3) is 0.217. The molecule has 2 unspecified atom stereocenters. The summed E-state index contributed by atoms with van der Waals surface area (Å²) in [4.78, 5) is 20.0. The smallest absolute Gasteiger partial charge is 0.334 e. The fourth-order valence-corrected chi connectivity index (χ4v) is 3.39. The molecule has 3 aromatic rings. The quantitative estimate of drug-likeness (QED) is 0.479. The minimum absolute atomic E-state index is 0.200. The molecule has 0 bridgehead atoms. The number of benzene rings is 2. The van der Waals surface area contributed by atoms with Crippen LogP contribution in [0.15, 0.2) is 73.3 Å². The third-order valence-corrected chi connectivity index (χ3v) is 4.96. The first-order valence-corrected chi connectivity index (χ1v) is 9.69. The number of methoxy groups -OCH3 is 1. The van der Waals surface area contributed by atoms with Gasteiger partial charge in [-0.1, -0.05) is 30.3 Å². The minimum atomic E-state index is -1.12. The Morgan fingerprint density at radius 2 is 1.94 bits per heavy atom. The maximum absolute atomic E-state index is 13.6. The molecule has 0 saturated heterocycles. The van der Waals surface area contributed by atoms with Crippen molar-refractivity contribution in [3.63, 3.8) is 0 Å². The zero-order valence-corrected chi connectivity index (χ0v) is 17.0. The summed E-state index contributed by atoms with van der Waals surface area (Å²) < 4.78 is 20.8. The molecule has 3 N–H and O–H groups in total. The standard InChI is InChI=1S/C23H24FN3O4/c1-30-19-11-7-16(8-12-19)20(3-2-4-21(31-25)23(28)29)22(27-14-13-26-15-27)17-5-9-18(24)10-6-17/h3,5-15,21-22H,2,4,25H2,1H3,(H,28,29)/b20-3-. The summed E-state index contributed by atoms with van der Waals surface area (Å²) in [7, 11) is 1.59. The zero-order valence-electron chi connectivity index (χ0n) is 17.0.